The molecule has 4 rings (SSSR count). The molecule has 2 atom stereocenters. The summed E-state index contributed by atoms with van der Waals surface area (Å²) in [6, 6.07) is 10.1. The van der Waals surface area contributed by atoms with Gasteiger partial charge >= 0.3 is 12.1 Å². The molecule has 0 amide bonds. The van der Waals surface area contributed by atoms with Crippen molar-refractivity contribution in [3.63, 3.8) is 0 Å². The van der Waals surface area contributed by atoms with Gasteiger partial charge in [-0.25, -0.2) is 4.79 Å². The lowest BCUT2D eigenvalue weighted by atomic mass is 9.87. The molecule has 3 saturated heterocycles. The average molecular weight is 431 g/mol. The monoisotopic (exact) mass is 431 g/mol. The number of carbonyl (C=O) groups is 1. The highest BCUT2D eigenvalue weighted by molar-refractivity contribution is 5.73. The van der Waals surface area contributed by atoms with Crippen LogP contribution >= 0.6 is 0 Å². The quantitative estimate of drug-likeness (QED) is 0.789. The maximum Gasteiger partial charge on any atom is 0.490 e. The molecule has 1 aromatic rings. The first-order valence-electron chi connectivity index (χ1n) is 10.2. The Morgan fingerprint density at radius 2 is 1.87 bits per heavy atom. The molecule has 6 nitrogen and oxygen atoms in total. The zero-order chi connectivity index (χ0) is 21.6. The largest absolute Gasteiger partial charge is 0.490 e. The second-order valence-corrected chi connectivity index (χ2v) is 8.08. The summed E-state index contributed by atoms with van der Waals surface area (Å²) in [7, 11) is 0. The van der Waals surface area contributed by atoms with Gasteiger partial charge in [0.15, 0.2) is 0 Å². The molecule has 1 spiro atoms. The number of carboxylic acids is 1. The lowest BCUT2D eigenvalue weighted by molar-refractivity contribution is -0.192. The molecular formula is C21H28F3NO5. The number of para-hydroxylation sites is 1. The van der Waals surface area contributed by atoms with E-state index >= 15 is 0 Å². The average Bonchev–Trinajstić information content (AvgIpc) is 3.35. The highest BCUT2D eigenvalue weighted by Crippen LogP contribution is 2.37. The number of benzene rings is 1. The molecule has 0 bridgehead atoms. The zero-order valence-electron chi connectivity index (χ0n) is 16.8. The van der Waals surface area contributed by atoms with Gasteiger partial charge in [-0.05, 0) is 37.3 Å². The van der Waals surface area contributed by atoms with Crippen molar-refractivity contribution in [2.75, 3.05) is 39.5 Å². The maximum atomic E-state index is 10.6. The minimum Gasteiger partial charge on any atom is -0.488 e. The van der Waals surface area contributed by atoms with Crippen LogP contribution in [0.1, 0.15) is 25.7 Å². The topological polar surface area (TPSA) is 68.2 Å². The third-order valence-corrected chi connectivity index (χ3v) is 5.77. The van der Waals surface area contributed by atoms with Crippen molar-refractivity contribution >= 4 is 5.97 Å². The van der Waals surface area contributed by atoms with Crippen LogP contribution in [0.3, 0.4) is 0 Å². The Hall–Kier alpha value is -1.84. The second-order valence-electron chi connectivity index (χ2n) is 8.08. The van der Waals surface area contributed by atoms with Gasteiger partial charge in [-0.2, -0.15) is 13.2 Å². The van der Waals surface area contributed by atoms with Crippen molar-refractivity contribution in [2.45, 2.75) is 43.6 Å². The van der Waals surface area contributed by atoms with Crippen LogP contribution in [0.15, 0.2) is 30.3 Å². The molecule has 1 aromatic carbocycles. The van der Waals surface area contributed by atoms with Crippen molar-refractivity contribution in [1.82, 2.24) is 4.90 Å². The fraction of sp³-hybridized carbons (Fsp3) is 0.667. The van der Waals surface area contributed by atoms with Crippen LogP contribution in [0.25, 0.3) is 0 Å². The Balaban J connectivity index is 0.000000318. The summed E-state index contributed by atoms with van der Waals surface area (Å²) in [4.78, 5) is 11.5. The zero-order valence-corrected chi connectivity index (χ0v) is 16.8. The van der Waals surface area contributed by atoms with Crippen LogP contribution in [0.4, 0.5) is 13.2 Å². The van der Waals surface area contributed by atoms with E-state index in [0.29, 0.717) is 0 Å². The molecular weight excluding hydrogens is 403 g/mol. The molecule has 9 heteroatoms. The molecule has 3 aliphatic rings. The van der Waals surface area contributed by atoms with E-state index in [1.807, 2.05) is 30.3 Å². The first kappa shape index (κ1) is 22.8. The minimum absolute atomic E-state index is 0.0577. The fourth-order valence-electron chi connectivity index (χ4n) is 4.15. The number of hydrogen-bond donors (Lipinski definition) is 1. The van der Waals surface area contributed by atoms with E-state index in [4.69, 9.17) is 24.1 Å². The first-order valence-corrected chi connectivity index (χ1v) is 10.2. The Kier molecular flexibility index (Phi) is 7.60. The molecule has 1 N–H and O–H groups in total. The number of piperidine rings is 1. The smallest absolute Gasteiger partial charge is 0.488 e. The fourth-order valence-corrected chi connectivity index (χ4v) is 4.15. The maximum absolute atomic E-state index is 10.6. The Morgan fingerprint density at radius 3 is 2.43 bits per heavy atom. The van der Waals surface area contributed by atoms with E-state index in [-0.39, 0.29) is 11.7 Å². The molecule has 3 heterocycles. The van der Waals surface area contributed by atoms with Crippen LogP contribution < -0.4 is 4.74 Å². The highest BCUT2D eigenvalue weighted by Gasteiger charge is 2.44. The predicted octanol–water partition coefficient (Wildman–Crippen LogP) is 3.36. The summed E-state index contributed by atoms with van der Waals surface area (Å²) in [5.74, 6) is -1.06. The number of aliphatic carboxylic acids is 1. The molecule has 3 fully saturated rings. The molecule has 30 heavy (non-hydrogen) atoms. The van der Waals surface area contributed by atoms with Crippen LogP contribution in [-0.2, 0) is 14.3 Å². The van der Waals surface area contributed by atoms with Crippen LogP contribution in [0, 0.1) is 5.92 Å². The Labute approximate surface area is 173 Å². The summed E-state index contributed by atoms with van der Waals surface area (Å²) in [6.45, 7) is 6.11. The lowest BCUT2D eigenvalue weighted by Crippen LogP contribution is -2.45. The van der Waals surface area contributed by atoms with Crippen LogP contribution in [0.2, 0.25) is 0 Å². The van der Waals surface area contributed by atoms with Crippen molar-refractivity contribution < 1.29 is 37.3 Å². The van der Waals surface area contributed by atoms with Crippen molar-refractivity contribution in [2.24, 2.45) is 5.92 Å². The predicted molar refractivity (Wildman–Crippen MR) is 102 cm³/mol. The molecule has 0 aliphatic carbocycles. The van der Waals surface area contributed by atoms with Crippen LogP contribution in [-0.4, -0.2) is 73.3 Å². The van der Waals surface area contributed by atoms with E-state index in [1.165, 1.54) is 13.0 Å². The van der Waals surface area contributed by atoms with Gasteiger partial charge in [-0.3, -0.25) is 0 Å². The number of alkyl halides is 3. The minimum atomic E-state index is -5.08. The highest BCUT2D eigenvalue weighted by atomic mass is 19.4. The SMILES string of the molecule is O=C(O)C(F)(F)F.c1ccc(OC2COC3(CCN(CC4CCOC4)CC3)C2)cc1. The molecule has 0 saturated carbocycles. The molecule has 0 aromatic heterocycles. The summed E-state index contributed by atoms with van der Waals surface area (Å²) < 4.78 is 49.5. The summed E-state index contributed by atoms with van der Waals surface area (Å²) in [5.41, 5.74) is 0.0577. The van der Waals surface area contributed by atoms with Gasteiger partial charge in [0.1, 0.15) is 11.9 Å². The van der Waals surface area contributed by atoms with Crippen LogP contribution in [0.5, 0.6) is 5.75 Å². The van der Waals surface area contributed by atoms with E-state index in [0.717, 1.165) is 63.8 Å². The molecule has 2 unspecified atom stereocenters. The van der Waals surface area contributed by atoms with E-state index < -0.39 is 12.1 Å². The number of carboxylic acid groups (broad SMARTS) is 1. The van der Waals surface area contributed by atoms with Gasteiger partial charge < -0.3 is 24.2 Å². The third-order valence-electron chi connectivity index (χ3n) is 5.77. The normalized spacial score (nSPS) is 26.2. The van der Waals surface area contributed by atoms with Crippen molar-refractivity contribution in [1.29, 1.82) is 0 Å². The second kappa shape index (κ2) is 9.98. The summed E-state index contributed by atoms with van der Waals surface area (Å²) >= 11 is 0. The van der Waals surface area contributed by atoms with Gasteiger partial charge in [0, 0.05) is 32.7 Å². The number of hydrogen-bond acceptors (Lipinski definition) is 5. The van der Waals surface area contributed by atoms with Crippen molar-refractivity contribution in [3.8, 4) is 5.75 Å². The van der Waals surface area contributed by atoms with Gasteiger partial charge in [0.05, 0.1) is 18.8 Å². The van der Waals surface area contributed by atoms with Gasteiger partial charge in [-0.15, -0.1) is 0 Å². The molecule has 168 valence electrons. The number of nitrogens with zero attached hydrogens (tertiary/aromatic N) is 1. The molecule has 3 aliphatic heterocycles. The Morgan fingerprint density at radius 1 is 1.20 bits per heavy atom. The third kappa shape index (κ3) is 6.58. The number of rotatable bonds is 4. The van der Waals surface area contributed by atoms with Gasteiger partial charge in [-0.1, -0.05) is 18.2 Å². The number of likely N-dealkylation sites (tertiary alicyclic amines) is 1. The standard InChI is InChI=1S/C19H27NO3.C2HF3O2/c1-2-4-17(5-3-1)23-18-12-19(22-15-18)7-9-20(10-8-19)13-16-6-11-21-14-16;3-2(4,5)1(6)7/h1-5,16,18H,6-15H2;(H,6,7). The van der Waals surface area contributed by atoms with E-state index in [9.17, 15) is 13.2 Å². The summed E-state index contributed by atoms with van der Waals surface area (Å²) in [6.07, 6.45) is -0.357. The number of halogens is 3. The van der Waals surface area contributed by atoms with E-state index in [2.05, 4.69) is 4.90 Å². The Bertz CT molecular complexity index is 671. The lowest BCUT2D eigenvalue weighted by Gasteiger charge is -2.39. The van der Waals surface area contributed by atoms with Crippen molar-refractivity contribution in [3.05, 3.63) is 30.3 Å². The number of ether oxygens (including phenoxy) is 3. The van der Waals surface area contributed by atoms with Gasteiger partial charge in [0.2, 0.25) is 0 Å². The summed E-state index contributed by atoms with van der Waals surface area (Å²) in [5, 5.41) is 7.12. The first-order chi connectivity index (χ1) is 14.3. The van der Waals surface area contributed by atoms with Gasteiger partial charge in [0.25, 0.3) is 0 Å². The van der Waals surface area contributed by atoms with E-state index in [1.54, 1.807) is 0 Å². The molecule has 0 radical (unpaired) electrons.